The summed E-state index contributed by atoms with van der Waals surface area (Å²) >= 11 is 0. The highest BCUT2D eigenvalue weighted by atomic mass is 16.2. The second-order valence-electron chi connectivity index (χ2n) is 6.63. The average molecular weight is 272 g/mol. The van der Waals surface area contributed by atoms with E-state index in [4.69, 9.17) is 0 Å². The summed E-state index contributed by atoms with van der Waals surface area (Å²) in [5, 5.41) is 3.14. The third-order valence-corrected chi connectivity index (χ3v) is 4.87. The minimum atomic E-state index is 0.202. The van der Waals surface area contributed by atoms with Crippen LogP contribution in [-0.4, -0.2) is 35.0 Å². The zero-order chi connectivity index (χ0) is 13.7. The molecule has 0 unspecified atom stereocenters. The Morgan fingerprint density at radius 3 is 2.85 bits per heavy atom. The predicted molar refractivity (Wildman–Crippen MR) is 75.3 cm³/mol. The first-order valence-electron chi connectivity index (χ1n) is 7.50. The van der Waals surface area contributed by atoms with E-state index in [0.717, 1.165) is 50.3 Å². The summed E-state index contributed by atoms with van der Waals surface area (Å²) in [7, 11) is 0. The Bertz CT molecular complexity index is 539. The molecule has 1 aromatic rings. The molecular weight excluding hydrogens is 252 g/mol. The van der Waals surface area contributed by atoms with Crippen LogP contribution in [0.3, 0.4) is 0 Å². The fourth-order valence-corrected chi connectivity index (χ4v) is 3.31. The van der Waals surface area contributed by atoms with Gasteiger partial charge in [-0.2, -0.15) is 0 Å². The second kappa shape index (κ2) is 4.17. The Hall–Kier alpha value is -1.65. The van der Waals surface area contributed by atoms with Crippen molar-refractivity contribution in [2.75, 3.05) is 18.0 Å². The number of rotatable bonds is 3. The highest BCUT2D eigenvalue weighted by Crippen LogP contribution is 2.58. The van der Waals surface area contributed by atoms with E-state index in [-0.39, 0.29) is 17.2 Å². The molecule has 5 heteroatoms. The van der Waals surface area contributed by atoms with Gasteiger partial charge in [0.15, 0.2) is 0 Å². The molecule has 1 spiro atoms. The number of hydrogen-bond donors (Lipinski definition) is 1. The van der Waals surface area contributed by atoms with Crippen LogP contribution in [0.15, 0.2) is 12.4 Å². The topological polar surface area (TPSA) is 58.1 Å². The van der Waals surface area contributed by atoms with E-state index in [1.165, 1.54) is 0 Å². The maximum Gasteiger partial charge on any atom is 0.225 e. The summed E-state index contributed by atoms with van der Waals surface area (Å²) in [6.45, 7) is 3.89. The van der Waals surface area contributed by atoms with Crippen molar-refractivity contribution in [3.05, 3.63) is 18.0 Å². The molecule has 3 fully saturated rings. The third kappa shape index (κ3) is 2.05. The Morgan fingerprint density at radius 2 is 2.15 bits per heavy atom. The lowest BCUT2D eigenvalue weighted by atomic mass is 10.0. The molecule has 2 heterocycles. The zero-order valence-electron chi connectivity index (χ0n) is 11.8. The van der Waals surface area contributed by atoms with Crippen molar-refractivity contribution >= 4 is 11.9 Å². The summed E-state index contributed by atoms with van der Waals surface area (Å²) in [5.41, 5.74) is 1.28. The van der Waals surface area contributed by atoms with E-state index in [9.17, 15) is 4.79 Å². The fraction of sp³-hybridized carbons (Fsp3) is 0.667. The molecule has 2 atom stereocenters. The van der Waals surface area contributed by atoms with Gasteiger partial charge in [0.1, 0.15) is 0 Å². The average Bonchev–Trinajstić information content (AvgIpc) is 3.30. The molecule has 1 aromatic heterocycles. The van der Waals surface area contributed by atoms with E-state index < -0.39 is 0 Å². The molecule has 0 radical (unpaired) electrons. The van der Waals surface area contributed by atoms with Gasteiger partial charge < -0.3 is 10.2 Å². The van der Waals surface area contributed by atoms with Crippen LogP contribution in [0.5, 0.6) is 0 Å². The van der Waals surface area contributed by atoms with Crippen molar-refractivity contribution in [2.45, 2.75) is 38.6 Å². The van der Waals surface area contributed by atoms with Crippen LogP contribution in [0, 0.1) is 18.3 Å². The van der Waals surface area contributed by atoms with Gasteiger partial charge in [-0.05, 0) is 38.2 Å². The minimum Gasteiger partial charge on any atom is -0.353 e. The van der Waals surface area contributed by atoms with Gasteiger partial charge in [0, 0.05) is 42.9 Å². The molecule has 1 amide bonds. The molecule has 1 aliphatic heterocycles. The fourth-order valence-electron chi connectivity index (χ4n) is 3.31. The van der Waals surface area contributed by atoms with E-state index in [1.54, 1.807) is 0 Å². The van der Waals surface area contributed by atoms with Gasteiger partial charge in [0.2, 0.25) is 11.9 Å². The third-order valence-electron chi connectivity index (χ3n) is 4.87. The van der Waals surface area contributed by atoms with Crippen molar-refractivity contribution in [3.63, 3.8) is 0 Å². The number of amides is 1. The predicted octanol–water partition coefficient (Wildman–Crippen LogP) is 1.28. The summed E-state index contributed by atoms with van der Waals surface area (Å²) in [5.74, 6) is 1.30. The Labute approximate surface area is 118 Å². The molecule has 1 N–H and O–H groups in total. The highest BCUT2D eigenvalue weighted by Gasteiger charge is 2.61. The molecular formula is C15H20N4O. The first-order valence-corrected chi connectivity index (χ1v) is 7.50. The summed E-state index contributed by atoms with van der Waals surface area (Å²) in [6, 6.07) is 0.470. The van der Waals surface area contributed by atoms with Crippen LogP contribution in [0.4, 0.5) is 5.95 Å². The van der Waals surface area contributed by atoms with Gasteiger partial charge in [-0.1, -0.05) is 0 Å². The van der Waals surface area contributed by atoms with Crippen LogP contribution in [0.2, 0.25) is 0 Å². The van der Waals surface area contributed by atoms with Crippen molar-refractivity contribution < 1.29 is 4.79 Å². The molecule has 1 saturated heterocycles. The zero-order valence-corrected chi connectivity index (χ0v) is 11.8. The normalized spacial score (nSPS) is 31.6. The lowest BCUT2D eigenvalue weighted by Crippen LogP contribution is -2.30. The first kappa shape index (κ1) is 12.1. The number of carbonyl (C=O) groups is 1. The number of anilines is 1. The van der Waals surface area contributed by atoms with Gasteiger partial charge in [0.25, 0.3) is 0 Å². The van der Waals surface area contributed by atoms with Gasteiger partial charge >= 0.3 is 0 Å². The largest absolute Gasteiger partial charge is 0.353 e. The number of nitrogens with zero attached hydrogens (tertiary/aromatic N) is 3. The van der Waals surface area contributed by atoms with Crippen LogP contribution in [0.25, 0.3) is 0 Å². The molecule has 5 nitrogen and oxygen atoms in total. The van der Waals surface area contributed by atoms with Crippen molar-refractivity contribution in [3.8, 4) is 0 Å². The quantitative estimate of drug-likeness (QED) is 0.900. The number of hydrogen-bond acceptors (Lipinski definition) is 4. The first-order chi connectivity index (χ1) is 9.66. The Kier molecular flexibility index (Phi) is 2.53. The van der Waals surface area contributed by atoms with E-state index in [0.29, 0.717) is 6.04 Å². The summed E-state index contributed by atoms with van der Waals surface area (Å²) < 4.78 is 0. The second-order valence-corrected chi connectivity index (χ2v) is 6.63. The van der Waals surface area contributed by atoms with Crippen LogP contribution in [0.1, 0.15) is 31.2 Å². The maximum atomic E-state index is 12.1. The molecule has 3 aliphatic rings. The number of aryl methyl sites for hydroxylation is 1. The summed E-state index contributed by atoms with van der Waals surface area (Å²) in [4.78, 5) is 23.2. The van der Waals surface area contributed by atoms with Gasteiger partial charge in [-0.25, -0.2) is 9.97 Å². The highest BCUT2D eigenvalue weighted by molar-refractivity contribution is 5.83. The number of carbonyl (C=O) groups excluding carboxylic acids is 1. The van der Waals surface area contributed by atoms with Crippen LogP contribution < -0.4 is 10.2 Å². The standard InChI is InChI=1S/C15H20N4O/c1-10-7-16-14(17-8-10)19-5-4-15(9-19)6-12(15)13(20)18-11-2-3-11/h7-8,11-12H,2-6,9H2,1H3,(H,18,20)/t12-,15-/m1/s1. The molecule has 106 valence electrons. The van der Waals surface area contributed by atoms with Crippen molar-refractivity contribution in [1.82, 2.24) is 15.3 Å². The Morgan fingerprint density at radius 1 is 1.40 bits per heavy atom. The van der Waals surface area contributed by atoms with Crippen LogP contribution >= 0.6 is 0 Å². The molecule has 0 aromatic carbocycles. The number of aromatic nitrogens is 2. The SMILES string of the molecule is Cc1cnc(N2CC[C@@]3(C[C@@H]3C(=O)NC3CC3)C2)nc1. The molecule has 2 saturated carbocycles. The Balaban J connectivity index is 1.41. The lowest BCUT2D eigenvalue weighted by molar-refractivity contribution is -0.123. The van der Waals surface area contributed by atoms with E-state index in [1.807, 2.05) is 19.3 Å². The number of nitrogens with one attached hydrogen (secondary N) is 1. The van der Waals surface area contributed by atoms with E-state index >= 15 is 0 Å². The van der Waals surface area contributed by atoms with E-state index in [2.05, 4.69) is 20.2 Å². The monoisotopic (exact) mass is 272 g/mol. The molecule has 20 heavy (non-hydrogen) atoms. The van der Waals surface area contributed by atoms with Crippen molar-refractivity contribution in [2.24, 2.45) is 11.3 Å². The van der Waals surface area contributed by atoms with Gasteiger partial charge in [-0.15, -0.1) is 0 Å². The van der Waals surface area contributed by atoms with Crippen LogP contribution in [-0.2, 0) is 4.79 Å². The molecule has 0 bridgehead atoms. The molecule has 2 aliphatic carbocycles. The minimum absolute atomic E-state index is 0.202. The maximum absolute atomic E-state index is 12.1. The smallest absolute Gasteiger partial charge is 0.225 e. The summed E-state index contributed by atoms with van der Waals surface area (Å²) in [6.07, 6.45) is 8.17. The van der Waals surface area contributed by atoms with Crippen molar-refractivity contribution in [1.29, 1.82) is 0 Å². The lowest BCUT2D eigenvalue weighted by Gasteiger charge is -2.16. The van der Waals surface area contributed by atoms with Gasteiger partial charge in [0.05, 0.1) is 0 Å². The molecule has 4 rings (SSSR count). The van der Waals surface area contributed by atoms with Gasteiger partial charge in [-0.3, -0.25) is 4.79 Å².